The van der Waals surface area contributed by atoms with E-state index in [2.05, 4.69) is 52.1 Å². The van der Waals surface area contributed by atoms with E-state index in [1.165, 1.54) is 5.56 Å². The van der Waals surface area contributed by atoms with Crippen molar-refractivity contribution in [2.45, 2.75) is 66.2 Å². The fourth-order valence-electron chi connectivity index (χ4n) is 5.64. The van der Waals surface area contributed by atoms with Gasteiger partial charge in [0.2, 0.25) is 0 Å². The van der Waals surface area contributed by atoms with Crippen LogP contribution < -0.4 is 5.32 Å². The second kappa shape index (κ2) is 7.97. The Morgan fingerprint density at radius 2 is 1.29 bits per heavy atom. The van der Waals surface area contributed by atoms with E-state index in [4.69, 9.17) is 4.74 Å². The van der Waals surface area contributed by atoms with E-state index in [0.717, 1.165) is 28.5 Å². The van der Waals surface area contributed by atoms with Gasteiger partial charge in [-0.3, -0.25) is 9.59 Å². The summed E-state index contributed by atoms with van der Waals surface area (Å²) in [4.78, 5) is 26.8. The van der Waals surface area contributed by atoms with Gasteiger partial charge in [-0.2, -0.15) is 0 Å². The molecule has 1 N–H and O–H groups in total. The number of nitrogens with one attached hydrogen (secondary N) is 1. The number of anilines is 2. The van der Waals surface area contributed by atoms with Gasteiger partial charge in [-0.05, 0) is 47.1 Å². The third-order valence-corrected chi connectivity index (χ3v) is 7.25. The molecule has 0 unspecified atom stereocenters. The van der Waals surface area contributed by atoms with Crippen LogP contribution in [0.3, 0.4) is 0 Å². The number of ketones is 2. The van der Waals surface area contributed by atoms with E-state index in [-0.39, 0.29) is 28.3 Å². The molecule has 176 valence electrons. The highest BCUT2D eigenvalue weighted by Gasteiger charge is 2.47. The molecule has 4 heteroatoms. The fraction of sp³-hybridized carbons (Fsp3) is 0.400. The topological polar surface area (TPSA) is 55.4 Å². The molecule has 0 fully saturated rings. The molecule has 5 rings (SSSR count). The van der Waals surface area contributed by atoms with Crippen LogP contribution in [-0.4, -0.2) is 11.6 Å². The van der Waals surface area contributed by atoms with Crippen LogP contribution in [0.2, 0.25) is 0 Å². The molecule has 2 aliphatic carbocycles. The molecule has 1 heterocycles. The number of carbonyl (C=O) groups excluding carboxylic acids is 2. The third-order valence-electron chi connectivity index (χ3n) is 7.25. The van der Waals surface area contributed by atoms with Gasteiger partial charge in [0.1, 0.15) is 11.5 Å². The van der Waals surface area contributed by atoms with Crippen LogP contribution in [0, 0.1) is 17.8 Å². The first kappa shape index (κ1) is 22.6. The van der Waals surface area contributed by atoms with Crippen LogP contribution in [0.15, 0.2) is 71.2 Å². The van der Waals surface area contributed by atoms with E-state index in [0.29, 0.717) is 36.8 Å². The Balaban J connectivity index is 1.56. The Morgan fingerprint density at radius 1 is 0.765 bits per heavy atom. The maximum Gasteiger partial charge on any atom is 0.163 e. The maximum absolute atomic E-state index is 13.4. The number of para-hydroxylation sites is 1. The van der Waals surface area contributed by atoms with E-state index in [9.17, 15) is 9.59 Å². The van der Waals surface area contributed by atoms with Crippen LogP contribution in [0.1, 0.15) is 70.4 Å². The molecule has 1 aliphatic heterocycles. The molecule has 0 atom stereocenters. The molecule has 0 bridgehead atoms. The summed E-state index contributed by atoms with van der Waals surface area (Å²) in [6.07, 6.45) is 2.37. The van der Waals surface area contributed by atoms with Gasteiger partial charge in [-0.15, -0.1) is 0 Å². The summed E-state index contributed by atoms with van der Waals surface area (Å²) < 4.78 is 6.38. The number of hydrogen-bond donors (Lipinski definition) is 1. The van der Waals surface area contributed by atoms with Gasteiger partial charge in [-0.25, -0.2) is 0 Å². The first-order chi connectivity index (χ1) is 16.0. The molecule has 0 amide bonds. The lowest BCUT2D eigenvalue weighted by atomic mass is 9.65. The summed E-state index contributed by atoms with van der Waals surface area (Å²) in [7, 11) is 0. The van der Waals surface area contributed by atoms with Crippen LogP contribution in [0.25, 0.3) is 0 Å². The molecule has 0 saturated heterocycles. The van der Waals surface area contributed by atoms with Crippen molar-refractivity contribution < 1.29 is 14.3 Å². The largest absolute Gasteiger partial charge is 0.465 e. The number of ether oxygens (including phenoxy) is 1. The first-order valence-corrected chi connectivity index (χ1v) is 12.2. The van der Waals surface area contributed by atoms with Crippen molar-refractivity contribution in [1.82, 2.24) is 0 Å². The van der Waals surface area contributed by atoms with Crippen molar-refractivity contribution in [2.75, 3.05) is 5.32 Å². The van der Waals surface area contributed by atoms with Gasteiger partial charge in [-0.1, -0.05) is 58.0 Å². The highest BCUT2D eigenvalue weighted by molar-refractivity contribution is 6.06. The van der Waals surface area contributed by atoms with Gasteiger partial charge >= 0.3 is 0 Å². The molecule has 0 spiro atoms. The second-order valence-corrected chi connectivity index (χ2v) is 11.7. The minimum Gasteiger partial charge on any atom is -0.465 e. The van der Waals surface area contributed by atoms with Crippen molar-refractivity contribution in [1.29, 1.82) is 0 Å². The molecule has 4 nitrogen and oxygen atoms in total. The standard InChI is InChI=1S/C30H33NO3/c1-18-8-6-7-9-21(18)31-20-12-10-19(11-13-20)26-27-22(32)14-29(2,3)16-24(27)34-25-17-30(4,5)15-23(33)28(25)26/h6-13,26,31H,14-17H2,1-5H3. The summed E-state index contributed by atoms with van der Waals surface area (Å²) in [6, 6.07) is 16.3. The number of benzene rings is 2. The highest BCUT2D eigenvalue weighted by atomic mass is 16.5. The van der Waals surface area contributed by atoms with Gasteiger partial charge in [0.25, 0.3) is 0 Å². The lowest BCUT2D eigenvalue weighted by Gasteiger charge is -2.42. The van der Waals surface area contributed by atoms with Gasteiger partial charge < -0.3 is 10.1 Å². The molecule has 0 radical (unpaired) electrons. The second-order valence-electron chi connectivity index (χ2n) is 11.7. The minimum atomic E-state index is -0.349. The lowest BCUT2D eigenvalue weighted by Crippen LogP contribution is -2.37. The quantitative estimate of drug-likeness (QED) is 0.534. The van der Waals surface area contributed by atoms with E-state index in [1.807, 2.05) is 36.4 Å². The Bertz CT molecular complexity index is 1190. The van der Waals surface area contributed by atoms with Gasteiger partial charge in [0.05, 0.1) is 0 Å². The Hall–Kier alpha value is -3.14. The minimum absolute atomic E-state index is 0.0996. The van der Waals surface area contributed by atoms with Crippen LogP contribution in [0.5, 0.6) is 0 Å². The van der Waals surface area contributed by atoms with Crippen molar-refractivity contribution >= 4 is 22.9 Å². The molecular weight excluding hydrogens is 422 g/mol. The summed E-state index contributed by atoms with van der Waals surface area (Å²) in [5.41, 5.74) is 5.26. The van der Waals surface area contributed by atoms with Crippen LogP contribution >= 0.6 is 0 Å². The lowest BCUT2D eigenvalue weighted by molar-refractivity contribution is -0.120. The van der Waals surface area contributed by atoms with Crippen molar-refractivity contribution in [3.05, 3.63) is 82.3 Å². The summed E-state index contributed by atoms with van der Waals surface area (Å²) in [6.45, 7) is 10.5. The van der Waals surface area contributed by atoms with E-state index < -0.39 is 0 Å². The van der Waals surface area contributed by atoms with Gasteiger partial charge in [0.15, 0.2) is 11.6 Å². The fourth-order valence-corrected chi connectivity index (χ4v) is 5.64. The highest BCUT2D eigenvalue weighted by Crippen LogP contribution is 2.53. The average molecular weight is 456 g/mol. The molecule has 0 saturated carbocycles. The summed E-state index contributed by atoms with van der Waals surface area (Å²) >= 11 is 0. The number of rotatable bonds is 3. The van der Waals surface area contributed by atoms with E-state index in [1.54, 1.807) is 0 Å². The van der Waals surface area contributed by atoms with Crippen molar-refractivity contribution in [3.63, 3.8) is 0 Å². The average Bonchev–Trinajstić information content (AvgIpc) is 2.73. The normalized spacial score (nSPS) is 21.7. The number of aryl methyl sites for hydroxylation is 1. The SMILES string of the molecule is Cc1ccccc1Nc1ccc(C2C3=C(CC(C)(C)CC3=O)OC3=C2C(=O)CC(C)(C)C3)cc1. The number of hydrogen-bond acceptors (Lipinski definition) is 4. The molecule has 2 aromatic carbocycles. The monoisotopic (exact) mass is 455 g/mol. The van der Waals surface area contributed by atoms with Crippen LogP contribution in [0.4, 0.5) is 11.4 Å². The maximum atomic E-state index is 13.4. The van der Waals surface area contributed by atoms with Crippen LogP contribution in [-0.2, 0) is 14.3 Å². The smallest absolute Gasteiger partial charge is 0.163 e. The molecule has 2 aromatic rings. The summed E-state index contributed by atoms with van der Waals surface area (Å²) in [5.74, 6) is 1.37. The number of Topliss-reactive ketones (excluding diaryl/α,β-unsaturated/α-hetero) is 2. The van der Waals surface area contributed by atoms with Gasteiger partial charge in [0, 0.05) is 54.1 Å². The third kappa shape index (κ3) is 4.11. The zero-order valence-electron chi connectivity index (χ0n) is 20.7. The molecule has 34 heavy (non-hydrogen) atoms. The Morgan fingerprint density at radius 3 is 1.82 bits per heavy atom. The first-order valence-electron chi connectivity index (χ1n) is 12.2. The van der Waals surface area contributed by atoms with Crippen molar-refractivity contribution in [3.8, 4) is 0 Å². The molecule has 3 aliphatic rings. The predicted molar refractivity (Wildman–Crippen MR) is 135 cm³/mol. The number of allylic oxidation sites excluding steroid dienone is 4. The molecule has 0 aromatic heterocycles. The van der Waals surface area contributed by atoms with Crippen molar-refractivity contribution in [2.24, 2.45) is 10.8 Å². The zero-order valence-corrected chi connectivity index (χ0v) is 20.7. The van der Waals surface area contributed by atoms with E-state index >= 15 is 0 Å². The molecular formula is C30H33NO3. The predicted octanol–water partition coefficient (Wildman–Crippen LogP) is 7.14. The Kier molecular flexibility index (Phi) is 5.31. The zero-order chi connectivity index (χ0) is 24.3. The Labute approximate surface area is 202 Å². The summed E-state index contributed by atoms with van der Waals surface area (Å²) in [5, 5.41) is 3.47. The number of carbonyl (C=O) groups is 2.